The Balaban J connectivity index is 1.75. The molecular weight excluding hydrogens is 346 g/mol. The van der Waals surface area contributed by atoms with Gasteiger partial charge in [0.05, 0.1) is 30.4 Å². The van der Waals surface area contributed by atoms with Crippen LogP contribution in [0.5, 0.6) is 5.75 Å². The quantitative estimate of drug-likeness (QED) is 0.813. The van der Waals surface area contributed by atoms with Crippen LogP contribution in [-0.4, -0.2) is 65.5 Å². The molecule has 0 aromatic heterocycles. The summed E-state index contributed by atoms with van der Waals surface area (Å²) in [6.07, 6.45) is -0.375. The van der Waals surface area contributed by atoms with Crippen LogP contribution in [0.2, 0.25) is 0 Å². The molecule has 27 heavy (non-hydrogen) atoms. The number of benzene rings is 1. The molecule has 1 saturated heterocycles. The number of amides is 1. The van der Waals surface area contributed by atoms with Gasteiger partial charge < -0.3 is 19.5 Å². The second-order valence-electron chi connectivity index (χ2n) is 8.02. The maximum Gasteiger partial charge on any atom is 0.410 e. The van der Waals surface area contributed by atoms with E-state index in [0.29, 0.717) is 50.5 Å². The van der Waals surface area contributed by atoms with Crippen molar-refractivity contribution in [2.75, 3.05) is 32.8 Å². The smallest absolute Gasteiger partial charge is 0.410 e. The number of nitrogens with zero attached hydrogens (tertiary/aromatic N) is 3. The van der Waals surface area contributed by atoms with Crippen LogP contribution in [0.1, 0.15) is 44.4 Å². The fourth-order valence-corrected chi connectivity index (χ4v) is 3.58. The van der Waals surface area contributed by atoms with Crippen molar-refractivity contribution in [3.05, 3.63) is 29.3 Å². The highest BCUT2D eigenvalue weighted by molar-refractivity contribution is 5.68. The summed E-state index contributed by atoms with van der Waals surface area (Å²) < 4.78 is 11.2. The minimum absolute atomic E-state index is 0.253. The van der Waals surface area contributed by atoms with Gasteiger partial charge in [0, 0.05) is 38.2 Å². The number of hydrogen-bond acceptors (Lipinski definition) is 6. The average molecular weight is 373 g/mol. The molecule has 7 heteroatoms. The first-order chi connectivity index (χ1) is 12.8. The number of hydrogen-bond donors (Lipinski definition) is 1. The number of aliphatic hydroxyl groups is 1. The van der Waals surface area contributed by atoms with E-state index in [1.165, 1.54) is 0 Å². The lowest BCUT2D eigenvalue weighted by molar-refractivity contribution is -0.00659. The number of piperazine rings is 1. The number of nitriles is 1. The molecule has 2 aliphatic rings. The Hall–Kier alpha value is -2.30. The summed E-state index contributed by atoms with van der Waals surface area (Å²) in [5, 5.41) is 20.0. The van der Waals surface area contributed by atoms with Crippen LogP contribution in [-0.2, 0) is 4.74 Å². The van der Waals surface area contributed by atoms with Gasteiger partial charge in [0.15, 0.2) is 0 Å². The monoisotopic (exact) mass is 373 g/mol. The van der Waals surface area contributed by atoms with Gasteiger partial charge in [0.2, 0.25) is 0 Å². The molecule has 1 aromatic rings. The second kappa shape index (κ2) is 7.75. The molecule has 0 saturated carbocycles. The number of fused-ring (bicyclic) bond motifs is 1. The largest absolute Gasteiger partial charge is 0.493 e. The molecule has 2 atom stereocenters. The Kier molecular flexibility index (Phi) is 5.59. The highest BCUT2D eigenvalue weighted by Crippen LogP contribution is 2.37. The Labute approximate surface area is 160 Å². The van der Waals surface area contributed by atoms with E-state index in [0.717, 1.165) is 5.56 Å². The van der Waals surface area contributed by atoms with Gasteiger partial charge in [-0.1, -0.05) is 0 Å². The minimum Gasteiger partial charge on any atom is -0.493 e. The molecule has 0 radical (unpaired) electrons. The van der Waals surface area contributed by atoms with Gasteiger partial charge in [-0.15, -0.1) is 0 Å². The zero-order valence-corrected chi connectivity index (χ0v) is 16.1. The van der Waals surface area contributed by atoms with Gasteiger partial charge in [-0.05, 0) is 39.0 Å². The molecule has 3 rings (SSSR count). The van der Waals surface area contributed by atoms with Crippen molar-refractivity contribution in [2.24, 2.45) is 0 Å². The van der Waals surface area contributed by atoms with Gasteiger partial charge in [-0.2, -0.15) is 5.26 Å². The van der Waals surface area contributed by atoms with Crippen LogP contribution in [0, 0.1) is 11.3 Å². The molecule has 2 aliphatic heterocycles. The third-order valence-electron chi connectivity index (χ3n) is 4.85. The third kappa shape index (κ3) is 4.52. The maximum absolute atomic E-state index is 12.3. The molecule has 1 fully saturated rings. The SMILES string of the molecule is CC(C)(C)OC(=O)N1CCN([C@@H]2c3cc(C#N)ccc3OCC[C@H]2O)CC1. The fourth-order valence-electron chi connectivity index (χ4n) is 3.58. The Morgan fingerprint density at radius 3 is 2.63 bits per heavy atom. The van der Waals surface area contributed by atoms with E-state index >= 15 is 0 Å². The third-order valence-corrected chi connectivity index (χ3v) is 4.85. The summed E-state index contributed by atoms with van der Waals surface area (Å²) >= 11 is 0. The van der Waals surface area contributed by atoms with Crippen LogP contribution >= 0.6 is 0 Å². The standard InChI is InChI=1S/C20H27N3O4/c1-20(2,3)27-19(25)23-9-7-22(8-10-23)18-15-12-14(13-21)4-5-17(15)26-11-6-16(18)24/h4-5,12,16,18,24H,6-11H2,1-3H3/t16-,18-/m1/s1. The van der Waals surface area contributed by atoms with Crippen LogP contribution in [0.3, 0.4) is 0 Å². The first-order valence-electron chi connectivity index (χ1n) is 9.35. The van der Waals surface area contributed by atoms with E-state index in [2.05, 4.69) is 11.0 Å². The van der Waals surface area contributed by atoms with E-state index in [1.807, 2.05) is 20.8 Å². The van der Waals surface area contributed by atoms with E-state index < -0.39 is 11.7 Å². The predicted octanol–water partition coefficient (Wildman–Crippen LogP) is 2.30. The van der Waals surface area contributed by atoms with Crippen LogP contribution in [0.15, 0.2) is 18.2 Å². The zero-order valence-electron chi connectivity index (χ0n) is 16.1. The van der Waals surface area contributed by atoms with E-state index in [4.69, 9.17) is 9.47 Å². The number of rotatable bonds is 1. The van der Waals surface area contributed by atoms with E-state index in [-0.39, 0.29) is 12.1 Å². The molecule has 0 spiro atoms. The summed E-state index contributed by atoms with van der Waals surface area (Å²) in [6.45, 7) is 8.31. The van der Waals surface area contributed by atoms with E-state index in [9.17, 15) is 15.2 Å². The van der Waals surface area contributed by atoms with Gasteiger partial charge in [0.1, 0.15) is 11.4 Å². The molecule has 0 aliphatic carbocycles. The first kappa shape index (κ1) is 19.5. The lowest BCUT2D eigenvalue weighted by atomic mass is 9.95. The topological polar surface area (TPSA) is 86.0 Å². The van der Waals surface area contributed by atoms with Crippen LogP contribution in [0.25, 0.3) is 0 Å². The molecule has 1 aromatic carbocycles. The zero-order chi connectivity index (χ0) is 19.6. The molecule has 0 bridgehead atoms. The second-order valence-corrected chi connectivity index (χ2v) is 8.02. The Morgan fingerprint density at radius 1 is 1.30 bits per heavy atom. The normalized spacial score (nSPS) is 23.6. The van der Waals surface area contributed by atoms with Crippen molar-refractivity contribution in [3.8, 4) is 11.8 Å². The molecule has 7 nitrogen and oxygen atoms in total. The number of carbonyl (C=O) groups is 1. The lowest BCUT2D eigenvalue weighted by Gasteiger charge is -2.40. The summed E-state index contributed by atoms with van der Waals surface area (Å²) in [6, 6.07) is 7.23. The van der Waals surface area contributed by atoms with Gasteiger partial charge in [-0.25, -0.2) is 4.79 Å². The predicted molar refractivity (Wildman–Crippen MR) is 99.4 cm³/mol. The minimum atomic E-state index is -0.590. The first-order valence-corrected chi connectivity index (χ1v) is 9.35. The maximum atomic E-state index is 12.3. The van der Waals surface area contributed by atoms with Gasteiger partial charge in [0.25, 0.3) is 0 Å². The lowest BCUT2D eigenvalue weighted by Crippen LogP contribution is -2.52. The summed E-state index contributed by atoms with van der Waals surface area (Å²) in [5.41, 5.74) is 0.865. The number of aliphatic hydroxyl groups excluding tert-OH is 1. The van der Waals surface area contributed by atoms with E-state index in [1.54, 1.807) is 23.1 Å². The van der Waals surface area contributed by atoms with Gasteiger partial charge >= 0.3 is 6.09 Å². The Morgan fingerprint density at radius 2 is 2.00 bits per heavy atom. The Bertz CT molecular complexity index is 730. The molecular formula is C20H27N3O4. The van der Waals surface area contributed by atoms with Crippen molar-refractivity contribution in [1.29, 1.82) is 5.26 Å². The van der Waals surface area contributed by atoms with Crippen LogP contribution < -0.4 is 4.74 Å². The summed E-state index contributed by atoms with van der Waals surface area (Å²) in [7, 11) is 0. The molecule has 2 heterocycles. The average Bonchev–Trinajstić information content (AvgIpc) is 2.78. The van der Waals surface area contributed by atoms with Gasteiger partial charge in [-0.3, -0.25) is 4.90 Å². The van der Waals surface area contributed by atoms with Crippen molar-refractivity contribution in [3.63, 3.8) is 0 Å². The fraction of sp³-hybridized carbons (Fsp3) is 0.600. The van der Waals surface area contributed by atoms with Crippen LogP contribution in [0.4, 0.5) is 4.79 Å². The van der Waals surface area contributed by atoms with Crippen molar-refractivity contribution >= 4 is 6.09 Å². The molecule has 146 valence electrons. The molecule has 1 amide bonds. The highest BCUT2D eigenvalue weighted by atomic mass is 16.6. The summed E-state index contributed by atoms with van der Waals surface area (Å²) in [4.78, 5) is 16.1. The van der Waals surface area contributed by atoms with Crippen molar-refractivity contribution in [1.82, 2.24) is 9.80 Å². The molecule has 0 unspecified atom stereocenters. The number of carbonyl (C=O) groups excluding carboxylic acids is 1. The summed E-state index contributed by atoms with van der Waals surface area (Å²) in [5.74, 6) is 0.713. The number of ether oxygens (including phenoxy) is 2. The highest BCUT2D eigenvalue weighted by Gasteiger charge is 2.35. The molecule has 1 N–H and O–H groups in total. The van der Waals surface area contributed by atoms with Crippen molar-refractivity contribution < 1.29 is 19.4 Å². The van der Waals surface area contributed by atoms with Crippen molar-refractivity contribution in [2.45, 2.75) is 44.9 Å².